The summed E-state index contributed by atoms with van der Waals surface area (Å²) in [6, 6.07) is 19.0. The lowest BCUT2D eigenvalue weighted by Crippen LogP contribution is -2.39. The zero-order valence-electron chi connectivity index (χ0n) is 15.2. The predicted molar refractivity (Wildman–Crippen MR) is 104 cm³/mol. The molecule has 0 aromatic heterocycles. The molecule has 2 aliphatic rings. The van der Waals surface area contributed by atoms with Crippen LogP contribution in [0.15, 0.2) is 70.9 Å². The van der Waals surface area contributed by atoms with E-state index in [1.54, 1.807) is 0 Å². The number of hydrogen-bond donors (Lipinski definition) is 1. The van der Waals surface area contributed by atoms with Crippen LogP contribution in [0.1, 0.15) is 25.3 Å². The van der Waals surface area contributed by atoms with E-state index in [0.717, 1.165) is 11.3 Å². The lowest BCUT2D eigenvalue weighted by atomic mass is 9.73. The number of carbonyl (C=O) groups excluding carboxylic acids is 2. The van der Waals surface area contributed by atoms with Gasteiger partial charge in [-0.1, -0.05) is 48.5 Å². The summed E-state index contributed by atoms with van der Waals surface area (Å²) in [6.07, 6.45) is 0. The van der Waals surface area contributed by atoms with E-state index in [1.807, 2.05) is 74.5 Å². The Morgan fingerprint density at radius 2 is 1.52 bits per heavy atom. The average molecular weight is 360 g/mol. The molecule has 3 atom stereocenters. The van der Waals surface area contributed by atoms with E-state index in [0.29, 0.717) is 11.4 Å². The highest BCUT2D eigenvalue weighted by atomic mass is 16.2. The minimum Gasteiger partial charge on any atom is -0.272 e. The molecule has 1 N–H and O–H groups in total. The highest BCUT2D eigenvalue weighted by molar-refractivity contribution is 6.17. The Labute approximate surface area is 157 Å². The SMILES string of the molecule is CC1=NNC(=O)[C@H]1[C@@H](c1ccccc1)[C@@H]1C(=O)N(c2ccccc2)N=C1C. The molecule has 0 spiro atoms. The summed E-state index contributed by atoms with van der Waals surface area (Å²) >= 11 is 0. The van der Waals surface area contributed by atoms with Crippen molar-refractivity contribution in [3.63, 3.8) is 0 Å². The molecule has 2 aliphatic heterocycles. The first-order valence-corrected chi connectivity index (χ1v) is 8.91. The third kappa shape index (κ3) is 2.93. The van der Waals surface area contributed by atoms with Crippen LogP contribution >= 0.6 is 0 Å². The zero-order chi connectivity index (χ0) is 19.0. The molecular weight excluding hydrogens is 340 g/mol. The molecule has 0 bridgehead atoms. The Morgan fingerprint density at radius 3 is 2.11 bits per heavy atom. The summed E-state index contributed by atoms with van der Waals surface area (Å²) in [4.78, 5) is 25.9. The molecule has 2 aromatic carbocycles. The van der Waals surface area contributed by atoms with Crippen molar-refractivity contribution >= 4 is 28.9 Å². The van der Waals surface area contributed by atoms with Crippen LogP contribution in [0.3, 0.4) is 0 Å². The third-order valence-electron chi connectivity index (χ3n) is 5.16. The second-order valence-electron chi connectivity index (χ2n) is 6.85. The molecule has 0 fully saturated rings. The summed E-state index contributed by atoms with van der Waals surface area (Å²) in [5, 5.41) is 10.1. The summed E-state index contributed by atoms with van der Waals surface area (Å²) in [6.45, 7) is 3.67. The van der Waals surface area contributed by atoms with Gasteiger partial charge in [0.2, 0.25) is 5.91 Å². The number of carbonyl (C=O) groups is 2. The fourth-order valence-corrected chi connectivity index (χ4v) is 3.89. The number of hydrogen-bond acceptors (Lipinski definition) is 4. The van der Waals surface area contributed by atoms with Gasteiger partial charge in [0.05, 0.1) is 17.5 Å². The van der Waals surface area contributed by atoms with Crippen molar-refractivity contribution in [2.24, 2.45) is 22.0 Å². The summed E-state index contributed by atoms with van der Waals surface area (Å²) < 4.78 is 0. The Morgan fingerprint density at radius 1 is 0.889 bits per heavy atom. The minimum atomic E-state index is -0.522. The van der Waals surface area contributed by atoms with Gasteiger partial charge in [0.25, 0.3) is 5.91 Å². The number of rotatable bonds is 4. The van der Waals surface area contributed by atoms with Crippen molar-refractivity contribution in [3.8, 4) is 0 Å². The Bertz CT molecular complexity index is 937. The van der Waals surface area contributed by atoms with Gasteiger partial charge in [-0.2, -0.15) is 10.2 Å². The molecular formula is C21H20N4O2. The Hall–Kier alpha value is -3.28. The maximum Gasteiger partial charge on any atom is 0.256 e. The van der Waals surface area contributed by atoms with E-state index in [9.17, 15) is 9.59 Å². The van der Waals surface area contributed by atoms with Crippen molar-refractivity contribution in [2.75, 3.05) is 5.01 Å². The van der Waals surface area contributed by atoms with E-state index in [1.165, 1.54) is 5.01 Å². The molecule has 0 unspecified atom stereocenters. The van der Waals surface area contributed by atoms with E-state index in [-0.39, 0.29) is 17.7 Å². The fourth-order valence-electron chi connectivity index (χ4n) is 3.89. The first kappa shape index (κ1) is 17.1. The van der Waals surface area contributed by atoms with Crippen LogP contribution in [0.25, 0.3) is 0 Å². The van der Waals surface area contributed by atoms with Crippen molar-refractivity contribution in [3.05, 3.63) is 66.2 Å². The summed E-state index contributed by atoms with van der Waals surface area (Å²) in [7, 11) is 0. The molecule has 2 heterocycles. The smallest absolute Gasteiger partial charge is 0.256 e. The molecule has 27 heavy (non-hydrogen) atoms. The van der Waals surface area contributed by atoms with Crippen LogP contribution in [0, 0.1) is 11.8 Å². The zero-order valence-corrected chi connectivity index (χ0v) is 15.2. The van der Waals surface area contributed by atoms with E-state index in [4.69, 9.17) is 0 Å². The fraction of sp³-hybridized carbons (Fsp3) is 0.238. The number of nitrogens with one attached hydrogen (secondary N) is 1. The third-order valence-corrected chi connectivity index (χ3v) is 5.16. The van der Waals surface area contributed by atoms with Gasteiger partial charge in [0, 0.05) is 17.3 Å². The topological polar surface area (TPSA) is 74.1 Å². The van der Waals surface area contributed by atoms with Crippen molar-refractivity contribution in [1.29, 1.82) is 0 Å². The molecule has 2 amide bonds. The molecule has 0 radical (unpaired) electrons. The average Bonchev–Trinajstić information content (AvgIpc) is 3.18. The monoisotopic (exact) mass is 360 g/mol. The largest absolute Gasteiger partial charge is 0.272 e. The second kappa shape index (κ2) is 6.79. The van der Waals surface area contributed by atoms with E-state index in [2.05, 4.69) is 15.6 Å². The predicted octanol–water partition coefficient (Wildman–Crippen LogP) is 2.93. The number of nitrogens with zero attached hydrogens (tertiary/aromatic N) is 3. The van der Waals surface area contributed by atoms with Gasteiger partial charge in [-0.25, -0.2) is 10.4 Å². The van der Waals surface area contributed by atoms with Crippen LogP contribution in [-0.2, 0) is 9.59 Å². The number of amides is 2. The standard InChI is InChI=1S/C21H20N4O2/c1-13-17(20(26)23-22-13)19(15-9-5-3-6-10-15)18-14(2)24-25(21(18)27)16-11-7-4-8-12-16/h3-12,17-19H,1-2H3,(H,23,26)/t17-,18-,19-/m1/s1. The second-order valence-corrected chi connectivity index (χ2v) is 6.85. The van der Waals surface area contributed by atoms with Gasteiger partial charge < -0.3 is 0 Å². The first-order valence-electron chi connectivity index (χ1n) is 8.91. The van der Waals surface area contributed by atoms with Gasteiger partial charge in [0.1, 0.15) is 0 Å². The Kier molecular flexibility index (Phi) is 4.32. The highest BCUT2D eigenvalue weighted by Crippen LogP contribution is 2.40. The molecule has 136 valence electrons. The molecule has 0 saturated carbocycles. The van der Waals surface area contributed by atoms with Gasteiger partial charge in [0.15, 0.2) is 0 Å². The first-order chi connectivity index (χ1) is 13.1. The van der Waals surface area contributed by atoms with Crippen LogP contribution in [0.4, 0.5) is 5.69 Å². The van der Waals surface area contributed by atoms with Crippen LogP contribution < -0.4 is 10.4 Å². The highest BCUT2D eigenvalue weighted by Gasteiger charge is 2.48. The number of anilines is 1. The molecule has 2 aromatic rings. The lowest BCUT2D eigenvalue weighted by molar-refractivity contribution is -0.124. The normalized spacial score (nSPS) is 23.1. The quantitative estimate of drug-likeness (QED) is 0.910. The van der Waals surface area contributed by atoms with E-state index >= 15 is 0 Å². The number of para-hydroxylation sites is 1. The molecule has 0 saturated heterocycles. The van der Waals surface area contributed by atoms with Gasteiger partial charge in [-0.15, -0.1) is 0 Å². The number of benzene rings is 2. The Balaban J connectivity index is 1.77. The molecule has 4 rings (SSSR count). The van der Waals surface area contributed by atoms with Gasteiger partial charge in [-0.05, 0) is 31.5 Å². The molecule has 0 aliphatic carbocycles. The maximum absolute atomic E-state index is 13.3. The van der Waals surface area contributed by atoms with Gasteiger partial charge in [-0.3, -0.25) is 9.59 Å². The van der Waals surface area contributed by atoms with Crippen molar-refractivity contribution in [1.82, 2.24) is 5.43 Å². The molecule has 6 nitrogen and oxygen atoms in total. The van der Waals surface area contributed by atoms with E-state index < -0.39 is 11.8 Å². The number of hydrazone groups is 2. The van der Waals surface area contributed by atoms with Crippen LogP contribution in [0.5, 0.6) is 0 Å². The maximum atomic E-state index is 13.3. The van der Waals surface area contributed by atoms with Crippen molar-refractivity contribution in [2.45, 2.75) is 19.8 Å². The minimum absolute atomic E-state index is 0.125. The van der Waals surface area contributed by atoms with Crippen LogP contribution in [-0.4, -0.2) is 23.2 Å². The van der Waals surface area contributed by atoms with Crippen LogP contribution in [0.2, 0.25) is 0 Å². The van der Waals surface area contributed by atoms with Gasteiger partial charge >= 0.3 is 0 Å². The lowest BCUT2D eigenvalue weighted by Gasteiger charge is -2.27. The summed E-state index contributed by atoms with van der Waals surface area (Å²) in [5.74, 6) is -1.68. The molecule has 6 heteroatoms. The van der Waals surface area contributed by atoms with Crippen molar-refractivity contribution < 1.29 is 9.59 Å². The summed E-state index contributed by atoms with van der Waals surface area (Å²) in [5.41, 5.74) is 5.58.